The number of benzene rings is 2. The molecule has 0 atom stereocenters. The Bertz CT molecular complexity index is 1040. The maximum absolute atomic E-state index is 12.4. The Morgan fingerprint density at radius 2 is 1.79 bits per heavy atom. The Morgan fingerprint density at radius 3 is 2.43 bits per heavy atom. The molecule has 3 rings (SSSR count). The Labute approximate surface area is 169 Å². The number of hydrogen-bond donors (Lipinski definition) is 3. The monoisotopic (exact) mass is 414 g/mol. The minimum Gasteiger partial charge on any atom is -0.366 e. The summed E-state index contributed by atoms with van der Waals surface area (Å²) < 4.78 is 3.96. The van der Waals surface area contributed by atoms with Crippen molar-refractivity contribution in [1.82, 2.24) is 4.37 Å². The largest absolute Gasteiger partial charge is 0.366 e. The van der Waals surface area contributed by atoms with Crippen LogP contribution in [0.4, 0.5) is 11.4 Å². The third-order valence-corrected chi connectivity index (χ3v) is 4.78. The van der Waals surface area contributed by atoms with E-state index in [0.717, 1.165) is 4.88 Å². The molecule has 0 bridgehead atoms. The zero-order valence-electron chi connectivity index (χ0n) is 14.4. The number of carbonyl (C=O) groups is 3. The molecule has 2 aromatic carbocycles. The molecule has 1 heterocycles. The molecule has 7 nitrogen and oxygen atoms in total. The number of rotatable bonds is 6. The lowest BCUT2D eigenvalue weighted by molar-refractivity contribution is -0.115. The summed E-state index contributed by atoms with van der Waals surface area (Å²) in [5.41, 5.74) is 6.66. The van der Waals surface area contributed by atoms with E-state index in [1.54, 1.807) is 36.5 Å². The number of carbonyl (C=O) groups excluding carboxylic acids is 3. The number of primary amides is 1. The Kier molecular flexibility index (Phi) is 6.03. The van der Waals surface area contributed by atoms with Crippen LogP contribution in [0, 0.1) is 0 Å². The summed E-state index contributed by atoms with van der Waals surface area (Å²) in [5, 5.41) is 5.60. The molecule has 0 unspecified atom stereocenters. The SMILES string of the molecule is NC(=O)c1ccc(C(=O)Nc2cccc(NC(=O)Cc3ccns3)c2)cc1Cl. The van der Waals surface area contributed by atoms with Gasteiger partial charge in [0.25, 0.3) is 5.91 Å². The van der Waals surface area contributed by atoms with Crippen molar-refractivity contribution in [2.45, 2.75) is 6.42 Å². The van der Waals surface area contributed by atoms with Crippen LogP contribution in [0.3, 0.4) is 0 Å². The first kappa shape index (κ1) is 19.5. The number of hydrogen-bond acceptors (Lipinski definition) is 5. The van der Waals surface area contributed by atoms with Crippen molar-refractivity contribution in [3.63, 3.8) is 0 Å². The van der Waals surface area contributed by atoms with Gasteiger partial charge in [-0.05, 0) is 54.0 Å². The van der Waals surface area contributed by atoms with Crippen LogP contribution in [-0.4, -0.2) is 22.1 Å². The van der Waals surface area contributed by atoms with E-state index >= 15 is 0 Å². The number of amides is 3. The Hall–Kier alpha value is -3.23. The molecular formula is C19H15ClN4O3S. The molecule has 4 N–H and O–H groups in total. The quantitative estimate of drug-likeness (QED) is 0.573. The van der Waals surface area contributed by atoms with Crippen molar-refractivity contribution >= 4 is 52.2 Å². The van der Waals surface area contributed by atoms with E-state index in [2.05, 4.69) is 15.0 Å². The topological polar surface area (TPSA) is 114 Å². The van der Waals surface area contributed by atoms with E-state index in [9.17, 15) is 14.4 Å². The zero-order valence-corrected chi connectivity index (χ0v) is 16.0. The van der Waals surface area contributed by atoms with Crippen molar-refractivity contribution in [2.75, 3.05) is 10.6 Å². The summed E-state index contributed by atoms with van der Waals surface area (Å²) in [6.07, 6.45) is 1.87. The lowest BCUT2D eigenvalue weighted by Gasteiger charge is -2.09. The summed E-state index contributed by atoms with van der Waals surface area (Å²) in [6, 6.07) is 12.8. The number of anilines is 2. The van der Waals surface area contributed by atoms with Gasteiger partial charge in [0, 0.05) is 28.0 Å². The highest BCUT2D eigenvalue weighted by atomic mass is 35.5. The average Bonchev–Trinajstić information content (AvgIpc) is 3.14. The molecule has 0 aliphatic rings. The van der Waals surface area contributed by atoms with Gasteiger partial charge in [-0.3, -0.25) is 14.4 Å². The number of aromatic nitrogens is 1. The van der Waals surface area contributed by atoms with Crippen LogP contribution in [0.1, 0.15) is 25.6 Å². The van der Waals surface area contributed by atoms with Gasteiger partial charge in [0.05, 0.1) is 17.0 Å². The van der Waals surface area contributed by atoms with E-state index in [-0.39, 0.29) is 28.5 Å². The first-order valence-corrected chi connectivity index (χ1v) is 9.27. The highest BCUT2D eigenvalue weighted by molar-refractivity contribution is 7.05. The van der Waals surface area contributed by atoms with Gasteiger partial charge in [0.1, 0.15) is 0 Å². The number of halogens is 1. The lowest BCUT2D eigenvalue weighted by atomic mass is 10.1. The molecule has 1 aromatic heterocycles. The Balaban J connectivity index is 1.67. The fourth-order valence-electron chi connectivity index (χ4n) is 2.43. The van der Waals surface area contributed by atoms with Gasteiger partial charge in [0.2, 0.25) is 11.8 Å². The van der Waals surface area contributed by atoms with Crippen LogP contribution < -0.4 is 16.4 Å². The van der Waals surface area contributed by atoms with Gasteiger partial charge in [-0.2, -0.15) is 0 Å². The van der Waals surface area contributed by atoms with Gasteiger partial charge in [-0.25, -0.2) is 4.37 Å². The van der Waals surface area contributed by atoms with Gasteiger partial charge in [-0.15, -0.1) is 0 Å². The smallest absolute Gasteiger partial charge is 0.255 e. The second-order valence-electron chi connectivity index (χ2n) is 5.80. The van der Waals surface area contributed by atoms with Crippen LogP contribution in [0.25, 0.3) is 0 Å². The number of nitrogens with one attached hydrogen (secondary N) is 2. The predicted octanol–water partition coefficient (Wildman–Crippen LogP) is 3.33. The molecule has 0 fully saturated rings. The highest BCUT2D eigenvalue weighted by Gasteiger charge is 2.12. The molecular weight excluding hydrogens is 400 g/mol. The molecule has 3 amide bonds. The molecule has 0 saturated heterocycles. The first-order valence-electron chi connectivity index (χ1n) is 8.12. The van der Waals surface area contributed by atoms with E-state index in [1.807, 2.05) is 0 Å². The molecule has 28 heavy (non-hydrogen) atoms. The van der Waals surface area contributed by atoms with Gasteiger partial charge >= 0.3 is 0 Å². The average molecular weight is 415 g/mol. The lowest BCUT2D eigenvalue weighted by Crippen LogP contribution is -2.16. The van der Waals surface area contributed by atoms with Crippen molar-refractivity contribution in [3.05, 3.63) is 75.8 Å². The summed E-state index contributed by atoms with van der Waals surface area (Å²) >= 11 is 7.25. The molecule has 0 spiro atoms. The standard InChI is InChI=1S/C19H15ClN4O3S/c20-16-8-11(4-5-15(16)18(21)26)19(27)24-13-3-1-2-12(9-13)23-17(25)10-14-6-7-22-28-14/h1-9H,10H2,(H2,21,26)(H,23,25)(H,24,27). The van der Waals surface area contributed by atoms with Crippen LogP contribution in [0.5, 0.6) is 0 Å². The maximum Gasteiger partial charge on any atom is 0.255 e. The molecule has 0 radical (unpaired) electrons. The Morgan fingerprint density at radius 1 is 1.04 bits per heavy atom. The van der Waals surface area contributed by atoms with Crippen LogP contribution in [-0.2, 0) is 11.2 Å². The second kappa shape index (κ2) is 8.64. The predicted molar refractivity (Wildman–Crippen MR) is 109 cm³/mol. The molecule has 3 aromatic rings. The van der Waals surface area contributed by atoms with Crippen molar-refractivity contribution in [1.29, 1.82) is 0 Å². The summed E-state index contributed by atoms with van der Waals surface area (Å²) in [7, 11) is 0. The summed E-state index contributed by atoms with van der Waals surface area (Å²) in [5.74, 6) is -1.26. The zero-order chi connectivity index (χ0) is 20.1. The maximum atomic E-state index is 12.4. The molecule has 0 aliphatic carbocycles. The fraction of sp³-hybridized carbons (Fsp3) is 0.0526. The van der Waals surface area contributed by atoms with E-state index in [4.69, 9.17) is 17.3 Å². The van der Waals surface area contributed by atoms with Crippen LogP contribution in [0.2, 0.25) is 5.02 Å². The first-order chi connectivity index (χ1) is 13.4. The summed E-state index contributed by atoms with van der Waals surface area (Å²) in [6.45, 7) is 0. The van der Waals surface area contributed by atoms with E-state index < -0.39 is 11.8 Å². The van der Waals surface area contributed by atoms with Crippen molar-refractivity contribution in [3.8, 4) is 0 Å². The molecule has 0 saturated carbocycles. The second-order valence-corrected chi connectivity index (χ2v) is 7.12. The van der Waals surface area contributed by atoms with E-state index in [1.165, 1.54) is 29.7 Å². The number of nitrogens with zero attached hydrogens (tertiary/aromatic N) is 1. The van der Waals surface area contributed by atoms with Crippen molar-refractivity contribution in [2.24, 2.45) is 5.73 Å². The van der Waals surface area contributed by atoms with Crippen LogP contribution >= 0.6 is 23.1 Å². The molecule has 142 valence electrons. The van der Waals surface area contributed by atoms with Gasteiger partial charge in [0.15, 0.2) is 0 Å². The highest BCUT2D eigenvalue weighted by Crippen LogP contribution is 2.20. The number of nitrogens with two attached hydrogens (primary N) is 1. The molecule has 0 aliphatic heterocycles. The van der Waals surface area contributed by atoms with E-state index in [0.29, 0.717) is 11.4 Å². The third-order valence-electron chi connectivity index (χ3n) is 3.73. The van der Waals surface area contributed by atoms with Crippen LogP contribution in [0.15, 0.2) is 54.7 Å². The third kappa shape index (κ3) is 4.93. The minimum atomic E-state index is -0.668. The van der Waals surface area contributed by atoms with Crippen molar-refractivity contribution < 1.29 is 14.4 Å². The summed E-state index contributed by atoms with van der Waals surface area (Å²) in [4.78, 5) is 36.6. The molecule has 9 heteroatoms. The normalized spacial score (nSPS) is 10.3. The minimum absolute atomic E-state index is 0.101. The van der Waals surface area contributed by atoms with Gasteiger partial charge in [-0.1, -0.05) is 17.7 Å². The fourth-order valence-corrected chi connectivity index (χ4v) is 3.28. The van der Waals surface area contributed by atoms with Gasteiger partial charge < -0.3 is 16.4 Å².